The number of aromatic amines is 1. The van der Waals surface area contributed by atoms with Gasteiger partial charge in [-0.15, -0.1) is 6.58 Å². The van der Waals surface area contributed by atoms with E-state index in [1.54, 1.807) is 6.33 Å². The number of aromatic nitrogens is 4. The third-order valence-electron chi connectivity index (χ3n) is 2.23. The molecule has 2 aromatic heterocycles. The molecule has 90 valence electrons. The lowest BCUT2D eigenvalue weighted by Crippen LogP contribution is -2.11. The normalized spacial score (nSPS) is 10.6. The van der Waals surface area contributed by atoms with Gasteiger partial charge in [0.05, 0.1) is 19.5 Å². The van der Waals surface area contributed by atoms with Crippen LogP contribution in [0.3, 0.4) is 0 Å². The topological polar surface area (TPSA) is 75.7 Å². The van der Waals surface area contributed by atoms with Crippen LogP contribution in [-0.4, -0.2) is 39.7 Å². The molecule has 0 radical (unpaired) electrons. The Balaban J connectivity index is 1.82. The highest BCUT2D eigenvalue weighted by Gasteiger charge is 2.03. The highest BCUT2D eigenvalue weighted by Crippen LogP contribution is 2.13. The third kappa shape index (κ3) is 3.01. The van der Waals surface area contributed by atoms with Crippen LogP contribution in [0.4, 0.5) is 5.82 Å². The van der Waals surface area contributed by atoms with Crippen LogP contribution in [-0.2, 0) is 4.74 Å². The predicted octanol–water partition coefficient (Wildman–Crippen LogP) is 1.36. The largest absolute Gasteiger partial charge is 0.379 e. The summed E-state index contributed by atoms with van der Waals surface area (Å²) >= 11 is 0. The number of hydrogen-bond acceptors (Lipinski definition) is 5. The van der Waals surface area contributed by atoms with E-state index in [1.165, 1.54) is 6.33 Å². The van der Waals surface area contributed by atoms with Crippen molar-refractivity contribution in [3.05, 3.63) is 25.3 Å². The first kappa shape index (κ1) is 11.5. The van der Waals surface area contributed by atoms with Gasteiger partial charge in [0, 0.05) is 6.54 Å². The van der Waals surface area contributed by atoms with Crippen LogP contribution in [0.5, 0.6) is 0 Å². The van der Waals surface area contributed by atoms with Crippen LogP contribution in [0.2, 0.25) is 0 Å². The van der Waals surface area contributed by atoms with E-state index in [-0.39, 0.29) is 0 Å². The Bertz CT molecular complexity index is 481. The van der Waals surface area contributed by atoms with Crippen molar-refractivity contribution < 1.29 is 4.74 Å². The summed E-state index contributed by atoms with van der Waals surface area (Å²) in [6, 6.07) is 0. The van der Waals surface area contributed by atoms with Gasteiger partial charge in [0.15, 0.2) is 11.5 Å². The maximum absolute atomic E-state index is 5.39. The summed E-state index contributed by atoms with van der Waals surface area (Å²) in [5, 5.41) is 3.18. The van der Waals surface area contributed by atoms with Gasteiger partial charge in [-0.05, 0) is 6.42 Å². The molecule has 0 amide bonds. The molecular weight excluding hydrogens is 218 g/mol. The zero-order chi connectivity index (χ0) is 11.9. The maximum atomic E-state index is 5.39. The first-order chi connectivity index (χ1) is 8.42. The minimum absolute atomic E-state index is 0.632. The zero-order valence-electron chi connectivity index (χ0n) is 9.52. The Kier molecular flexibility index (Phi) is 4.04. The Morgan fingerprint density at radius 2 is 2.29 bits per heavy atom. The van der Waals surface area contributed by atoms with Gasteiger partial charge in [0.2, 0.25) is 0 Å². The van der Waals surface area contributed by atoms with Crippen molar-refractivity contribution in [3.8, 4) is 0 Å². The molecule has 2 heterocycles. The summed E-state index contributed by atoms with van der Waals surface area (Å²) in [4.78, 5) is 15.2. The molecule has 0 spiro atoms. The molecule has 0 aliphatic carbocycles. The quantitative estimate of drug-likeness (QED) is 0.558. The molecule has 0 saturated heterocycles. The van der Waals surface area contributed by atoms with Gasteiger partial charge in [0.25, 0.3) is 0 Å². The Morgan fingerprint density at radius 3 is 3.18 bits per heavy atom. The molecule has 6 nitrogen and oxygen atoms in total. The molecule has 0 fully saturated rings. The number of rotatable bonds is 7. The van der Waals surface area contributed by atoms with E-state index < -0.39 is 0 Å². The van der Waals surface area contributed by atoms with E-state index in [0.29, 0.717) is 25.4 Å². The second-order valence-electron chi connectivity index (χ2n) is 3.44. The first-order valence-electron chi connectivity index (χ1n) is 5.48. The highest BCUT2D eigenvalue weighted by molar-refractivity contribution is 5.81. The highest BCUT2D eigenvalue weighted by atomic mass is 16.5. The van der Waals surface area contributed by atoms with Gasteiger partial charge in [-0.3, -0.25) is 0 Å². The van der Waals surface area contributed by atoms with Crippen LogP contribution in [0, 0.1) is 0 Å². The Hall–Kier alpha value is -1.95. The first-order valence-corrected chi connectivity index (χ1v) is 5.48. The average Bonchev–Trinajstić information content (AvgIpc) is 2.82. The van der Waals surface area contributed by atoms with Gasteiger partial charge in [-0.2, -0.15) is 0 Å². The molecule has 0 aromatic carbocycles. The van der Waals surface area contributed by atoms with Gasteiger partial charge in [-0.1, -0.05) is 6.08 Å². The van der Waals surface area contributed by atoms with Crippen LogP contribution in [0.15, 0.2) is 25.3 Å². The summed E-state index contributed by atoms with van der Waals surface area (Å²) in [7, 11) is 0. The minimum Gasteiger partial charge on any atom is -0.379 e. The van der Waals surface area contributed by atoms with Crippen molar-refractivity contribution in [3.63, 3.8) is 0 Å². The maximum Gasteiger partial charge on any atom is 0.182 e. The molecule has 0 atom stereocenters. The van der Waals surface area contributed by atoms with Crippen molar-refractivity contribution in [1.82, 2.24) is 19.9 Å². The fourth-order valence-corrected chi connectivity index (χ4v) is 1.41. The molecule has 0 aliphatic rings. The van der Waals surface area contributed by atoms with Crippen LogP contribution < -0.4 is 5.32 Å². The number of fused-ring (bicyclic) bond motifs is 1. The predicted molar refractivity (Wildman–Crippen MR) is 65.8 cm³/mol. The summed E-state index contributed by atoms with van der Waals surface area (Å²) in [6.45, 7) is 5.66. The lowest BCUT2D eigenvalue weighted by molar-refractivity contribution is 0.149. The fourth-order valence-electron chi connectivity index (χ4n) is 1.41. The fraction of sp³-hybridized carbons (Fsp3) is 0.364. The number of hydrogen-bond donors (Lipinski definition) is 2. The lowest BCUT2D eigenvalue weighted by atomic mass is 10.4. The molecule has 0 unspecified atom stereocenters. The van der Waals surface area contributed by atoms with E-state index in [9.17, 15) is 0 Å². The standard InChI is InChI=1S/C11H15N5O/c1-2-3-5-17-6-4-12-10-9-11(14-7-13-9)16-8-15-10/h2,7-8H,1,3-6H2,(H2,12,13,14,15,16). The third-order valence-corrected chi connectivity index (χ3v) is 2.23. The summed E-state index contributed by atoms with van der Waals surface area (Å²) in [6.07, 6.45) is 5.81. The number of H-pyrrole nitrogens is 1. The van der Waals surface area contributed by atoms with Gasteiger partial charge in [0.1, 0.15) is 11.8 Å². The zero-order valence-corrected chi connectivity index (χ0v) is 9.52. The number of imidazole rings is 1. The van der Waals surface area contributed by atoms with Crippen molar-refractivity contribution >= 4 is 17.0 Å². The van der Waals surface area contributed by atoms with E-state index in [0.717, 1.165) is 17.8 Å². The van der Waals surface area contributed by atoms with E-state index in [2.05, 4.69) is 31.8 Å². The molecule has 2 rings (SSSR count). The smallest absolute Gasteiger partial charge is 0.182 e. The minimum atomic E-state index is 0.632. The number of nitrogens with zero attached hydrogens (tertiary/aromatic N) is 3. The van der Waals surface area contributed by atoms with E-state index in [4.69, 9.17) is 4.74 Å². The second kappa shape index (κ2) is 5.95. The average molecular weight is 233 g/mol. The monoisotopic (exact) mass is 233 g/mol. The molecule has 2 aromatic rings. The van der Waals surface area contributed by atoms with E-state index in [1.807, 2.05) is 6.08 Å². The molecular formula is C11H15N5O. The second-order valence-corrected chi connectivity index (χ2v) is 3.44. The van der Waals surface area contributed by atoms with Crippen molar-refractivity contribution in [2.75, 3.05) is 25.1 Å². The SMILES string of the molecule is C=CCCOCCNc1ncnc2nc[nH]c12. The van der Waals surface area contributed by atoms with Gasteiger partial charge >= 0.3 is 0 Å². The van der Waals surface area contributed by atoms with E-state index >= 15 is 0 Å². The van der Waals surface area contributed by atoms with Crippen molar-refractivity contribution in [2.24, 2.45) is 0 Å². The number of ether oxygens (including phenoxy) is 1. The number of anilines is 1. The van der Waals surface area contributed by atoms with Crippen molar-refractivity contribution in [2.45, 2.75) is 6.42 Å². The molecule has 0 bridgehead atoms. The Labute approximate surface area is 99.1 Å². The van der Waals surface area contributed by atoms with Crippen LogP contribution in [0.25, 0.3) is 11.2 Å². The summed E-state index contributed by atoms with van der Waals surface area (Å²) in [5.41, 5.74) is 1.48. The van der Waals surface area contributed by atoms with Crippen LogP contribution >= 0.6 is 0 Å². The molecule has 6 heteroatoms. The summed E-state index contributed by atoms with van der Waals surface area (Å²) < 4.78 is 5.39. The molecule has 17 heavy (non-hydrogen) atoms. The van der Waals surface area contributed by atoms with Crippen LogP contribution in [0.1, 0.15) is 6.42 Å². The Morgan fingerprint density at radius 1 is 1.35 bits per heavy atom. The van der Waals surface area contributed by atoms with Gasteiger partial charge in [-0.25, -0.2) is 15.0 Å². The molecule has 0 aliphatic heterocycles. The lowest BCUT2D eigenvalue weighted by Gasteiger charge is -2.06. The summed E-state index contributed by atoms with van der Waals surface area (Å²) in [5.74, 6) is 0.750. The molecule has 0 saturated carbocycles. The molecule has 2 N–H and O–H groups in total. The number of nitrogens with one attached hydrogen (secondary N) is 2. The van der Waals surface area contributed by atoms with Crippen molar-refractivity contribution in [1.29, 1.82) is 0 Å². The van der Waals surface area contributed by atoms with Gasteiger partial charge < -0.3 is 15.0 Å².